The number of hydrogen-bond acceptors (Lipinski definition) is 6. The molecule has 0 spiro atoms. The molecule has 1 aliphatic carbocycles. The molecule has 1 amide bonds. The number of carbonyl (C=O) groups excluding carboxylic acids is 2. The van der Waals surface area contributed by atoms with Gasteiger partial charge in [0.1, 0.15) is 12.2 Å². The first-order valence-electron chi connectivity index (χ1n) is 9.96. The summed E-state index contributed by atoms with van der Waals surface area (Å²) in [6.07, 6.45) is 2.43. The van der Waals surface area contributed by atoms with Crippen molar-refractivity contribution >= 4 is 11.9 Å². The second-order valence-electron chi connectivity index (χ2n) is 8.67. The third-order valence-corrected chi connectivity index (χ3v) is 4.81. The number of rotatable bonds is 8. The largest absolute Gasteiger partial charge is 0.481 e. The fraction of sp³-hybridized carbons (Fsp3) is 0.435. The van der Waals surface area contributed by atoms with Gasteiger partial charge in [0.25, 0.3) is 0 Å². The summed E-state index contributed by atoms with van der Waals surface area (Å²) >= 11 is 0. The average molecular weight is 413 g/mol. The van der Waals surface area contributed by atoms with Crippen LogP contribution in [0.25, 0.3) is 0 Å². The lowest BCUT2D eigenvalue weighted by Gasteiger charge is -2.21. The minimum absolute atomic E-state index is 0.0812. The SMILES string of the molecule is CC(C)(C)OC(=O)NCC1(CC(=O)c2occc(=O)c2OCc2ccccc2)CC1. The van der Waals surface area contributed by atoms with Crippen LogP contribution < -0.4 is 15.5 Å². The highest BCUT2D eigenvalue weighted by Gasteiger charge is 2.45. The molecular weight excluding hydrogens is 386 g/mol. The van der Waals surface area contributed by atoms with Crippen molar-refractivity contribution < 1.29 is 23.5 Å². The molecule has 30 heavy (non-hydrogen) atoms. The maximum absolute atomic E-state index is 12.9. The van der Waals surface area contributed by atoms with E-state index in [1.54, 1.807) is 20.8 Å². The summed E-state index contributed by atoms with van der Waals surface area (Å²) in [5.74, 6) is -0.483. The van der Waals surface area contributed by atoms with E-state index in [0.717, 1.165) is 18.4 Å². The summed E-state index contributed by atoms with van der Waals surface area (Å²) < 4.78 is 16.3. The van der Waals surface area contributed by atoms with E-state index in [1.807, 2.05) is 30.3 Å². The van der Waals surface area contributed by atoms with E-state index in [2.05, 4.69) is 5.32 Å². The Balaban J connectivity index is 1.64. The predicted octanol–water partition coefficient (Wildman–Crippen LogP) is 4.10. The van der Waals surface area contributed by atoms with Gasteiger partial charge in [-0.25, -0.2) is 4.79 Å². The molecule has 0 aliphatic heterocycles. The van der Waals surface area contributed by atoms with Crippen molar-refractivity contribution in [3.8, 4) is 5.75 Å². The van der Waals surface area contributed by atoms with Gasteiger partial charge in [-0.05, 0) is 44.6 Å². The fourth-order valence-corrected chi connectivity index (χ4v) is 3.05. The van der Waals surface area contributed by atoms with Crippen molar-refractivity contribution in [2.24, 2.45) is 5.41 Å². The van der Waals surface area contributed by atoms with Crippen molar-refractivity contribution in [3.63, 3.8) is 0 Å². The molecular formula is C23H27NO6. The molecule has 0 atom stereocenters. The first kappa shape index (κ1) is 21.6. The Bertz CT molecular complexity index is 954. The van der Waals surface area contributed by atoms with Crippen molar-refractivity contribution in [3.05, 3.63) is 64.2 Å². The minimum atomic E-state index is -0.588. The molecule has 1 heterocycles. The number of amides is 1. The highest BCUT2D eigenvalue weighted by atomic mass is 16.6. The van der Waals surface area contributed by atoms with Gasteiger partial charge in [0.05, 0.1) is 6.26 Å². The van der Waals surface area contributed by atoms with Gasteiger partial charge in [-0.1, -0.05) is 30.3 Å². The second kappa shape index (κ2) is 8.73. The Morgan fingerprint density at radius 3 is 2.47 bits per heavy atom. The maximum atomic E-state index is 12.9. The lowest BCUT2D eigenvalue weighted by molar-refractivity contribution is 0.0512. The normalized spacial score (nSPS) is 14.6. The summed E-state index contributed by atoms with van der Waals surface area (Å²) in [4.78, 5) is 37.1. The molecule has 1 fully saturated rings. The van der Waals surface area contributed by atoms with E-state index in [0.29, 0.717) is 6.54 Å². The molecule has 7 heteroatoms. The van der Waals surface area contributed by atoms with Crippen molar-refractivity contribution in [2.45, 2.75) is 52.2 Å². The number of ketones is 1. The van der Waals surface area contributed by atoms with Gasteiger partial charge in [-0.3, -0.25) is 9.59 Å². The highest BCUT2D eigenvalue weighted by Crippen LogP contribution is 2.49. The van der Waals surface area contributed by atoms with Crippen molar-refractivity contribution in [1.82, 2.24) is 5.32 Å². The molecule has 0 unspecified atom stereocenters. The molecule has 7 nitrogen and oxygen atoms in total. The molecule has 3 rings (SSSR count). The lowest BCUT2D eigenvalue weighted by Crippen LogP contribution is -2.36. The minimum Gasteiger partial charge on any atom is -0.481 e. The molecule has 1 aromatic carbocycles. The van der Waals surface area contributed by atoms with E-state index < -0.39 is 17.1 Å². The third-order valence-electron chi connectivity index (χ3n) is 4.81. The van der Waals surface area contributed by atoms with Gasteiger partial charge in [0.2, 0.25) is 22.7 Å². The smallest absolute Gasteiger partial charge is 0.407 e. The number of nitrogens with one attached hydrogen (secondary N) is 1. The van der Waals surface area contributed by atoms with Crippen molar-refractivity contribution in [1.29, 1.82) is 0 Å². The predicted molar refractivity (Wildman–Crippen MR) is 111 cm³/mol. The monoisotopic (exact) mass is 413 g/mol. The molecule has 1 aliphatic rings. The van der Waals surface area contributed by atoms with Gasteiger partial charge < -0.3 is 19.2 Å². The first-order chi connectivity index (χ1) is 14.2. The molecule has 0 radical (unpaired) electrons. The number of alkyl carbamates (subject to hydrolysis) is 1. The zero-order valence-corrected chi connectivity index (χ0v) is 17.5. The summed E-state index contributed by atoms with van der Waals surface area (Å²) in [5.41, 5.74) is -0.467. The van der Waals surface area contributed by atoms with Crippen LogP contribution in [0.2, 0.25) is 0 Å². The Morgan fingerprint density at radius 1 is 1.13 bits per heavy atom. The zero-order chi connectivity index (χ0) is 21.8. The van der Waals surface area contributed by atoms with Crippen molar-refractivity contribution in [2.75, 3.05) is 6.54 Å². The Kier molecular flexibility index (Phi) is 6.29. The van der Waals surface area contributed by atoms with Crippen LogP contribution >= 0.6 is 0 Å². The number of hydrogen-bond donors (Lipinski definition) is 1. The van der Waals surface area contributed by atoms with E-state index in [4.69, 9.17) is 13.9 Å². The van der Waals surface area contributed by atoms with Gasteiger partial charge in [0, 0.05) is 19.0 Å². The lowest BCUT2D eigenvalue weighted by atomic mass is 9.98. The van der Waals surface area contributed by atoms with Gasteiger partial charge >= 0.3 is 6.09 Å². The van der Waals surface area contributed by atoms with Crippen LogP contribution in [-0.2, 0) is 11.3 Å². The Labute approximate surface area is 175 Å². The summed E-state index contributed by atoms with van der Waals surface area (Å²) in [5, 5.41) is 2.73. The van der Waals surface area contributed by atoms with E-state index in [-0.39, 0.29) is 35.7 Å². The third kappa shape index (κ3) is 5.95. The quantitative estimate of drug-likeness (QED) is 0.655. The molecule has 1 N–H and O–H groups in total. The van der Waals surface area contributed by atoms with E-state index in [1.165, 1.54) is 12.3 Å². The topological polar surface area (TPSA) is 94.8 Å². The van der Waals surface area contributed by atoms with Gasteiger partial charge in [-0.2, -0.15) is 0 Å². The summed E-state index contributed by atoms with van der Waals surface area (Å²) in [6.45, 7) is 5.85. The number of Topliss-reactive ketones (excluding diaryl/α,β-unsaturated/α-hetero) is 1. The molecule has 1 saturated carbocycles. The van der Waals surface area contributed by atoms with Gasteiger partial charge in [0.15, 0.2) is 0 Å². The van der Waals surface area contributed by atoms with Crippen LogP contribution in [0.4, 0.5) is 4.79 Å². The number of carbonyl (C=O) groups is 2. The maximum Gasteiger partial charge on any atom is 0.407 e. The van der Waals surface area contributed by atoms with E-state index >= 15 is 0 Å². The number of benzene rings is 1. The van der Waals surface area contributed by atoms with Crippen LogP contribution in [0.3, 0.4) is 0 Å². The average Bonchev–Trinajstić information content (AvgIpc) is 3.44. The standard InChI is InChI=1S/C23H27NO6/c1-22(2,3)30-21(27)24-15-23(10-11-23)13-18(26)20-19(17(25)9-12-28-20)29-14-16-7-5-4-6-8-16/h4-9,12H,10-11,13-15H2,1-3H3,(H,24,27). The van der Waals surface area contributed by atoms with Crippen LogP contribution in [-0.4, -0.2) is 24.0 Å². The Hall–Kier alpha value is -3.09. The van der Waals surface area contributed by atoms with Gasteiger partial charge in [-0.15, -0.1) is 0 Å². The van der Waals surface area contributed by atoms with Crippen LogP contribution in [0.5, 0.6) is 5.75 Å². The van der Waals surface area contributed by atoms with Crippen LogP contribution in [0.15, 0.2) is 51.9 Å². The molecule has 1 aromatic heterocycles. The summed E-state index contributed by atoms with van der Waals surface area (Å²) in [7, 11) is 0. The zero-order valence-electron chi connectivity index (χ0n) is 17.5. The molecule has 160 valence electrons. The van der Waals surface area contributed by atoms with Crippen LogP contribution in [0.1, 0.15) is 56.2 Å². The fourth-order valence-electron chi connectivity index (χ4n) is 3.05. The summed E-state index contributed by atoms with van der Waals surface area (Å²) in [6, 6.07) is 10.6. The molecule has 0 saturated heterocycles. The van der Waals surface area contributed by atoms with E-state index in [9.17, 15) is 14.4 Å². The highest BCUT2D eigenvalue weighted by molar-refractivity contribution is 5.96. The molecule has 2 aromatic rings. The Morgan fingerprint density at radius 2 is 1.83 bits per heavy atom. The van der Waals surface area contributed by atoms with Crippen LogP contribution in [0, 0.1) is 5.41 Å². The first-order valence-corrected chi connectivity index (χ1v) is 9.96. The number of ether oxygens (including phenoxy) is 2. The molecule has 0 bridgehead atoms. The second-order valence-corrected chi connectivity index (χ2v) is 8.67.